The first kappa shape index (κ1) is 24.4. The van der Waals surface area contributed by atoms with E-state index in [1.165, 1.54) is 64.5 Å². The molecule has 0 spiro atoms. The smallest absolute Gasteiger partial charge is 0.308 e. The van der Waals surface area contributed by atoms with Gasteiger partial charge in [-0.15, -0.1) is 0 Å². The molecule has 0 unspecified atom stereocenters. The Balaban J connectivity index is 1.97. The third kappa shape index (κ3) is 5.03. The molecule has 1 aliphatic carbocycles. The summed E-state index contributed by atoms with van der Waals surface area (Å²) in [5, 5.41) is 2.61. The van der Waals surface area contributed by atoms with Crippen LogP contribution in [0.3, 0.4) is 0 Å². The number of carbonyl (C=O) groups excluding carboxylic acids is 4. The first-order chi connectivity index (χ1) is 16.2. The number of rotatable bonds is 7. The highest BCUT2D eigenvalue weighted by Crippen LogP contribution is 2.30. The Kier molecular flexibility index (Phi) is 7.25. The second kappa shape index (κ2) is 10.1. The number of benzene rings is 2. The van der Waals surface area contributed by atoms with Gasteiger partial charge in [0.1, 0.15) is 11.6 Å². The normalized spacial score (nSPS) is 13.7. The fourth-order valence-electron chi connectivity index (χ4n) is 3.45. The average Bonchev–Trinajstić information content (AvgIpc) is 2.80. The minimum atomic E-state index is -0.628. The zero-order valence-electron chi connectivity index (χ0n) is 19.0. The van der Waals surface area contributed by atoms with Gasteiger partial charge in [-0.2, -0.15) is 0 Å². The third-order valence-corrected chi connectivity index (χ3v) is 5.12. The van der Waals surface area contributed by atoms with Crippen LogP contribution in [0.5, 0.6) is 5.75 Å². The number of hydrogen-bond donors (Lipinski definition) is 1. The maximum absolute atomic E-state index is 13.2. The molecular weight excluding hydrogens is 445 g/mol. The molecule has 0 fully saturated rings. The molecule has 0 heterocycles. The van der Waals surface area contributed by atoms with Crippen LogP contribution in [0.4, 0.5) is 10.1 Å². The molecule has 3 rings (SSSR count). The van der Waals surface area contributed by atoms with E-state index in [0.717, 1.165) is 0 Å². The van der Waals surface area contributed by atoms with Crippen molar-refractivity contribution >= 4 is 29.1 Å². The molecule has 0 radical (unpaired) electrons. The second-order valence-corrected chi connectivity index (χ2v) is 7.39. The lowest BCUT2D eigenvalue weighted by atomic mass is 9.88. The van der Waals surface area contributed by atoms with E-state index in [-0.39, 0.29) is 40.4 Å². The molecule has 0 saturated heterocycles. The van der Waals surface area contributed by atoms with Gasteiger partial charge in [-0.1, -0.05) is 6.07 Å². The summed E-state index contributed by atoms with van der Waals surface area (Å²) in [6, 6.07) is 9.60. The number of anilines is 1. The van der Waals surface area contributed by atoms with Gasteiger partial charge >= 0.3 is 5.97 Å². The average molecular weight is 467 g/mol. The molecule has 1 aliphatic rings. The number of halogens is 1. The van der Waals surface area contributed by atoms with E-state index in [2.05, 4.69) is 5.32 Å². The standard InChI is InChI=1S/C25H22FNO7/c1-13-18(22(30)24(33-4)23(32-3)21(13)29)11-15-5-10-20(34-14(2)28)19(12-15)25(31)27-17-8-6-16(26)7-9-17/h5-10,12H,11H2,1-4H3,(H,27,31). The molecule has 0 aromatic heterocycles. The summed E-state index contributed by atoms with van der Waals surface area (Å²) in [7, 11) is 2.54. The molecule has 1 amide bonds. The second-order valence-electron chi connectivity index (χ2n) is 7.39. The highest BCUT2D eigenvalue weighted by molar-refractivity contribution is 6.23. The maximum Gasteiger partial charge on any atom is 0.308 e. The van der Waals surface area contributed by atoms with Crippen LogP contribution in [0.1, 0.15) is 29.8 Å². The number of ketones is 2. The topological polar surface area (TPSA) is 108 Å². The van der Waals surface area contributed by atoms with E-state index >= 15 is 0 Å². The van der Waals surface area contributed by atoms with Crippen molar-refractivity contribution in [3.8, 4) is 5.75 Å². The van der Waals surface area contributed by atoms with E-state index < -0.39 is 29.3 Å². The number of allylic oxidation sites excluding steroid dienone is 2. The van der Waals surface area contributed by atoms with Gasteiger partial charge in [0.05, 0.1) is 19.8 Å². The zero-order chi connectivity index (χ0) is 25.0. The predicted octanol–water partition coefficient (Wildman–Crippen LogP) is 3.52. The van der Waals surface area contributed by atoms with Gasteiger partial charge < -0.3 is 19.5 Å². The molecule has 2 aromatic carbocycles. The van der Waals surface area contributed by atoms with Crippen LogP contribution in [-0.4, -0.2) is 37.7 Å². The highest BCUT2D eigenvalue weighted by Gasteiger charge is 2.34. The first-order valence-electron chi connectivity index (χ1n) is 10.2. The van der Waals surface area contributed by atoms with Gasteiger partial charge in [0.25, 0.3) is 5.91 Å². The van der Waals surface area contributed by atoms with E-state index in [1.54, 1.807) is 6.07 Å². The number of amides is 1. The molecule has 0 saturated carbocycles. The molecule has 2 aromatic rings. The predicted molar refractivity (Wildman–Crippen MR) is 120 cm³/mol. The van der Waals surface area contributed by atoms with E-state index in [0.29, 0.717) is 11.3 Å². The van der Waals surface area contributed by atoms with Crippen molar-refractivity contribution in [2.45, 2.75) is 20.3 Å². The van der Waals surface area contributed by atoms with Gasteiger partial charge in [-0.3, -0.25) is 19.2 Å². The van der Waals surface area contributed by atoms with Crippen molar-refractivity contribution in [3.05, 3.63) is 82.1 Å². The van der Waals surface area contributed by atoms with Gasteiger partial charge in [-0.25, -0.2) is 4.39 Å². The van der Waals surface area contributed by atoms with Crippen molar-refractivity contribution in [1.82, 2.24) is 0 Å². The molecule has 0 bridgehead atoms. The summed E-state index contributed by atoms with van der Waals surface area (Å²) in [5.74, 6) is -3.03. The number of Topliss-reactive ketones (excluding diaryl/α,β-unsaturated/α-hetero) is 2. The Bertz CT molecular complexity index is 1240. The quantitative estimate of drug-likeness (QED) is 0.377. The lowest BCUT2D eigenvalue weighted by molar-refractivity contribution is -0.131. The largest absolute Gasteiger partial charge is 0.489 e. The monoisotopic (exact) mass is 467 g/mol. The number of ether oxygens (including phenoxy) is 3. The van der Waals surface area contributed by atoms with Crippen molar-refractivity contribution in [1.29, 1.82) is 0 Å². The zero-order valence-corrected chi connectivity index (χ0v) is 19.0. The highest BCUT2D eigenvalue weighted by atomic mass is 19.1. The number of carbonyl (C=O) groups is 4. The van der Waals surface area contributed by atoms with Gasteiger partial charge in [0.15, 0.2) is 0 Å². The SMILES string of the molecule is COC1=C(OC)C(=O)C(Cc2ccc(OC(C)=O)c(C(=O)Nc3ccc(F)cc3)c2)=C(C)C1=O. The summed E-state index contributed by atoms with van der Waals surface area (Å²) in [6.07, 6.45) is 0.0113. The third-order valence-electron chi connectivity index (χ3n) is 5.12. The van der Waals surface area contributed by atoms with Crippen LogP contribution in [0.25, 0.3) is 0 Å². The van der Waals surface area contributed by atoms with Crippen molar-refractivity contribution in [2.75, 3.05) is 19.5 Å². The summed E-state index contributed by atoms with van der Waals surface area (Å²) in [4.78, 5) is 50.0. The van der Waals surface area contributed by atoms with Crippen molar-refractivity contribution < 1.29 is 37.8 Å². The van der Waals surface area contributed by atoms with Crippen molar-refractivity contribution in [3.63, 3.8) is 0 Å². The molecular formula is C25H22FNO7. The van der Waals surface area contributed by atoms with Crippen LogP contribution in [0.15, 0.2) is 65.1 Å². The molecule has 34 heavy (non-hydrogen) atoms. The van der Waals surface area contributed by atoms with Crippen LogP contribution in [0, 0.1) is 5.82 Å². The number of methoxy groups -OCH3 is 2. The molecule has 0 aliphatic heterocycles. The molecule has 176 valence electrons. The van der Waals surface area contributed by atoms with Crippen LogP contribution < -0.4 is 10.1 Å². The lowest BCUT2D eigenvalue weighted by Gasteiger charge is -2.20. The Morgan fingerprint density at radius 3 is 2.15 bits per heavy atom. The van der Waals surface area contributed by atoms with Crippen LogP contribution in [-0.2, 0) is 30.3 Å². The summed E-state index contributed by atoms with van der Waals surface area (Å²) >= 11 is 0. The first-order valence-corrected chi connectivity index (χ1v) is 10.2. The summed E-state index contributed by atoms with van der Waals surface area (Å²) < 4.78 is 28.5. The fourth-order valence-corrected chi connectivity index (χ4v) is 3.45. The molecule has 0 atom stereocenters. The Labute approximate surface area is 195 Å². The molecule has 1 N–H and O–H groups in total. The van der Waals surface area contributed by atoms with Gasteiger partial charge in [-0.05, 0) is 48.9 Å². The van der Waals surface area contributed by atoms with Crippen LogP contribution >= 0.6 is 0 Å². The number of esters is 1. The Morgan fingerprint density at radius 1 is 0.941 bits per heavy atom. The van der Waals surface area contributed by atoms with E-state index in [9.17, 15) is 23.6 Å². The minimum absolute atomic E-state index is 0.00626. The van der Waals surface area contributed by atoms with E-state index in [4.69, 9.17) is 14.2 Å². The van der Waals surface area contributed by atoms with Gasteiger partial charge in [0.2, 0.25) is 23.1 Å². The Hall–Kier alpha value is -4.27. The summed E-state index contributed by atoms with van der Waals surface area (Å²) in [6.45, 7) is 2.71. The van der Waals surface area contributed by atoms with E-state index in [1.807, 2.05) is 0 Å². The van der Waals surface area contributed by atoms with Crippen molar-refractivity contribution in [2.24, 2.45) is 0 Å². The summed E-state index contributed by atoms with van der Waals surface area (Å²) in [5.41, 5.74) is 1.24. The fraction of sp³-hybridized carbons (Fsp3) is 0.200. The molecule has 8 nitrogen and oxygen atoms in total. The maximum atomic E-state index is 13.2. The molecule has 9 heteroatoms. The number of nitrogens with one attached hydrogen (secondary N) is 1. The van der Waals surface area contributed by atoms with Crippen LogP contribution in [0.2, 0.25) is 0 Å². The van der Waals surface area contributed by atoms with Gasteiger partial charge in [0, 0.05) is 30.2 Å². The lowest BCUT2D eigenvalue weighted by Crippen LogP contribution is -2.26. The number of hydrogen-bond acceptors (Lipinski definition) is 7. The minimum Gasteiger partial charge on any atom is -0.489 e. The Morgan fingerprint density at radius 2 is 1.56 bits per heavy atom.